The molecule has 0 aliphatic carbocycles. The highest BCUT2D eigenvalue weighted by molar-refractivity contribution is 6.33. The summed E-state index contributed by atoms with van der Waals surface area (Å²) in [7, 11) is 0. The summed E-state index contributed by atoms with van der Waals surface area (Å²) in [4.78, 5) is 28.0. The lowest BCUT2D eigenvalue weighted by Gasteiger charge is -2.14. The molecule has 156 valence electrons. The first kappa shape index (κ1) is 21.1. The van der Waals surface area contributed by atoms with Crippen LogP contribution in [0.2, 0.25) is 5.02 Å². The van der Waals surface area contributed by atoms with Gasteiger partial charge in [-0.2, -0.15) is 18.3 Å². The molecule has 2 aromatic carbocycles. The number of hydrogen-bond acceptors (Lipinski definition) is 6. The van der Waals surface area contributed by atoms with Gasteiger partial charge in [-0.25, -0.2) is 14.5 Å². The minimum Gasteiger partial charge on any atom is -0.452 e. The Hall–Kier alpha value is -3.60. The van der Waals surface area contributed by atoms with Crippen LogP contribution in [0, 0.1) is 0 Å². The van der Waals surface area contributed by atoms with Crippen LogP contribution in [0.25, 0.3) is 5.69 Å². The molecule has 0 bridgehead atoms. The number of aromatic nitrogens is 3. The van der Waals surface area contributed by atoms with Gasteiger partial charge in [0, 0.05) is 0 Å². The lowest BCUT2D eigenvalue weighted by Crippen LogP contribution is -2.22. The number of anilines is 2. The number of carbonyl (C=O) groups is 2. The van der Waals surface area contributed by atoms with Crippen LogP contribution in [0.4, 0.5) is 24.5 Å². The predicted molar refractivity (Wildman–Crippen MR) is 101 cm³/mol. The normalized spacial score (nSPS) is 11.2. The number of amides is 1. The highest BCUT2D eigenvalue weighted by Gasteiger charge is 2.31. The minimum absolute atomic E-state index is 0.0177. The summed E-state index contributed by atoms with van der Waals surface area (Å²) in [5.41, 5.74) is 4.59. The van der Waals surface area contributed by atoms with Gasteiger partial charge < -0.3 is 15.8 Å². The molecule has 3 N–H and O–H groups in total. The van der Waals surface area contributed by atoms with Crippen LogP contribution in [-0.2, 0) is 15.7 Å². The van der Waals surface area contributed by atoms with Crippen LogP contribution in [0.3, 0.4) is 0 Å². The summed E-state index contributed by atoms with van der Waals surface area (Å²) >= 11 is 5.83. The average Bonchev–Trinajstić information content (AvgIpc) is 3.22. The van der Waals surface area contributed by atoms with Crippen LogP contribution in [0.1, 0.15) is 15.9 Å². The molecule has 1 aromatic heterocycles. The first-order chi connectivity index (χ1) is 14.2. The number of nitrogens with one attached hydrogen (secondary N) is 1. The molecule has 3 rings (SSSR count). The van der Waals surface area contributed by atoms with Crippen molar-refractivity contribution in [3.63, 3.8) is 0 Å². The number of alkyl halides is 3. The SMILES string of the molecule is Nc1c(Cl)cccc1C(=O)OCC(=O)Nc1cc(C(F)(F)F)ccc1-n1cncn1. The summed E-state index contributed by atoms with van der Waals surface area (Å²) < 4.78 is 45.2. The lowest BCUT2D eigenvalue weighted by atomic mass is 10.1. The second-order valence-corrected chi connectivity index (χ2v) is 6.30. The van der Waals surface area contributed by atoms with E-state index in [1.54, 1.807) is 0 Å². The highest BCUT2D eigenvalue weighted by atomic mass is 35.5. The second kappa shape index (κ2) is 8.41. The van der Waals surface area contributed by atoms with Crippen molar-refractivity contribution in [2.75, 3.05) is 17.7 Å². The lowest BCUT2D eigenvalue weighted by molar-refractivity contribution is -0.137. The fourth-order valence-electron chi connectivity index (χ4n) is 2.46. The molecule has 0 saturated carbocycles. The van der Waals surface area contributed by atoms with Crippen LogP contribution in [0.15, 0.2) is 49.1 Å². The molecule has 30 heavy (non-hydrogen) atoms. The number of para-hydroxylation sites is 1. The Morgan fingerprint density at radius 1 is 1.23 bits per heavy atom. The zero-order chi connectivity index (χ0) is 21.9. The molecule has 0 saturated heterocycles. The van der Waals surface area contributed by atoms with Crippen LogP contribution in [0.5, 0.6) is 0 Å². The number of nitrogens with two attached hydrogens (primary N) is 1. The standard InChI is InChI=1S/C18H13ClF3N5O3/c19-12-3-1-2-11(16(12)23)17(29)30-7-15(28)26-13-6-10(18(20,21)22)4-5-14(13)27-9-24-8-25-27/h1-6,8-9H,7,23H2,(H,26,28). The van der Waals surface area contributed by atoms with Gasteiger partial charge in [0.1, 0.15) is 12.7 Å². The summed E-state index contributed by atoms with van der Waals surface area (Å²) in [6, 6.07) is 7.02. The van der Waals surface area contributed by atoms with Crippen molar-refractivity contribution in [1.82, 2.24) is 14.8 Å². The molecule has 0 atom stereocenters. The maximum atomic E-state index is 13.1. The molecule has 12 heteroatoms. The fourth-order valence-corrected chi connectivity index (χ4v) is 2.63. The Balaban J connectivity index is 1.77. The van der Waals surface area contributed by atoms with Crippen molar-refractivity contribution in [2.45, 2.75) is 6.18 Å². The quantitative estimate of drug-likeness (QED) is 0.466. The van der Waals surface area contributed by atoms with Gasteiger partial charge in [-0.1, -0.05) is 17.7 Å². The van der Waals surface area contributed by atoms with E-state index in [0.29, 0.717) is 0 Å². The van der Waals surface area contributed by atoms with E-state index in [0.717, 1.165) is 18.2 Å². The number of hydrogen-bond donors (Lipinski definition) is 2. The van der Waals surface area contributed by atoms with Gasteiger partial charge in [-0.3, -0.25) is 4.79 Å². The first-order valence-electron chi connectivity index (χ1n) is 8.24. The Labute approximate surface area is 172 Å². The fraction of sp³-hybridized carbons (Fsp3) is 0.111. The van der Waals surface area contributed by atoms with Gasteiger partial charge in [0.2, 0.25) is 0 Å². The Bertz CT molecular complexity index is 1090. The van der Waals surface area contributed by atoms with Crippen molar-refractivity contribution < 1.29 is 27.5 Å². The van der Waals surface area contributed by atoms with Crippen molar-refractivity contribution in [3.8, 4) is 5.69 Å². The van der Waals surface area contributed by atoms with E-state index in [1.165, 1.54) is 35.5 Å². The molecule has 0 aliphatic heterocycles. The number of ether oxygens (including phenoxy) is 1. The van der Waals surface area contributed by atoms with Gasteiger partial charge in [0.15, 0.2) is 6.61 Å². The van der Waals surface area contributed by atoms with Gasteiger partial charge in [-0.05, 0) is 30.3 Å². The monoisotopic (exact) mass is 439 g/mol. The van der Waals surface area contributed by atoms with Crippen molar-refractivity contribution in [3.05, 3.63) is 65.2 Å². The second-order valence-electron chi connectivity index (χ2n) is 5.90. The molecule has 0 unspecified atom stereocenters. The smallest absolute Gasteiger partial charge is 0.416 e. The van der Waals surface area contributed by atoms with Gasteiger partial charge in [0.25, 0.3) is 5.91 Å². The zero-order valence-corrected chi connectivity index (χ0v) is 15.7. The van der Waals surface area contributed by atoms with Gasteiger partial charge in [0.05, 0.1) is 33.2 Å². The molecule has 8 nitrogen and oxygen atoms in total. The first-order valence-corrected chi connectivity index (χ1v) is 8.62. The molecule has 0 aliphatic rings. The number of nitrogen functional groups attached to an aromatic ring is 1. The minimum atomic E-state index is -4.63. The van der Waals surface area contributed by atoms with Gasteiger partial charge >= 0.3 is 12.1 Å². The molecule has 1 heterocycles. The van der Waals surface area contributed by atoms with E-state index in [9.17, 15) is 22.8 Å². The number of rotatable bonds is 5. The Kier molecular flexibility index (Phi) is 5.92. The van der Waals surface area contributed by atoms with Crippen LogP contribution < -0.4 is 11.1 Å². The molecule has 0 fully saturated rings. The molecule has 0 spiro atoms. The number of carbonyl (C=O) groups excluding carboxylic acids is 2. The van der Waals surface area contributed by atoms with Crippen molar-refractivity contribution in [1.29, 1.82) is 0 Å². The van der Waals surface area contributed by atoms with Crippen LogP contribution in [-0.4, -0.2) is 33.2 Å². The summed E-state index contributed by atoms with van der Waals surface area (Å²) in [5, 5.41) is 6.26. The van der Waals surface area contributed by atoms with Crippen molar-refractivity contribution in [2.24, 2.45) is 0 Å². The number of halogens is 4. The summed E-state index contributed by atoms with van der Waals surface area (Å²) in [6.45, 7) is -0.766. The maximum Gasteiger partial charge on any atom is 0.416 e. The maximum absolute atomic E-state index is 13.1. The average molecular weight is 440 g/mol. The Morgan fingerprint density at radius 2 is 2.00 bits per heavy atom. The topological polar surface area (TPSA) is 112 Å². The van der Waals surface area contributed by atoms with Crippen molar-refractivity contribution >= 4 is 34.9 Å². The molecule has 3 aromatic rings. The third-order valence-corrected chi connectivity index (χ3v) is 4.20. The third kappa shape index (κ3) is 4.69. The van der Waals surface area contributed by atoms with E-state index in [1.807, 2.05) is 0 Å². The largest absolute Gasteiger partial charge is 0.452 e. The molecule has 1 amide bonds. The molecular weight excluding hydrogens is 427 g/mol. The van der Waals surface area contributed by atoms with E-state index in [-0.39, 0.29) is 27.6 Å². The number of esters is 1. The summed E-state index contributed by atoms with van der Waals surface area (Å²) in [5.74, 6) is -1.78. The number of benzene rings is 2. The third-order valence-electron chi connectivity index (χ3n) is 3.87. The molecule has 0 radical (unpaired) electrons. The van der Waals surface area contributed by atoms with E-state index in [2.05, 4.69) is 15.4 Å². The number of nitrogens with zero attached hydrogens (tertiary/aromatic N) is 3. The van der Waals surface area contributed by atoms with E-state index < -0.39 is 30.2 Å². The van der Waals surface area contributed by atoms with E-state index in [4.69, 9.17) is 22.1 Å². The molecular formula is C18H13ClF3N5O3. The van der Waals surface area contributed by atoms with Crippen LogP contribution >= 0.6 is 11.6 Å². The summed E-state index contributed by atoms with van der Waals surface area (Å²) in [6.07, 6.45) is -2.20. The Morgan fingerprint density at radius 3 is 2.67 bits per heavy atom. The van der Waals surface area contributed by atoms with Gasteiger partial charge in [-0.15, -0.1) is 0 Å². The zero-order valence-electron chi connectivity index (χ0n) is 15.0. The predicted octanol–water partition coefficient (Wildman–Crippen LogP) is 3.32. The van der Waals surface area contributed by atoms with E-state index >= 15 is 0 Å². The highest BCUT2D eigenvalue weighted by Crippen LogP contribution is 2.33.